The van der Waals surface area contributed by atoms with Gasteiger partial charge in [0.2, 0.25) is 5.76 Å². The van der Waals surface area contributed by atoms with Gasteiger partial charge >= 0.3 is 5.97 Å². The molecule has 0 radical (unpaired) electrons. The topological polar surface area (TPSA) is 75.4 Å². The fraction of sp³-hybridized carbons (Fsp3) is 0.0909. The third kappa shape index (κ3) is 2.31. The molecule has 0 aliphatic heterocycles. The van der Waals surface area contributed by atoms with Crippen LogP contribution in [0.2, 0.25) is 0 Å². The Kier molecular flexibility index (Phi) is 3.14. The highest BCUT2D eigenvalue weighted by atomic mass is 79.9. The van der Waals surface area contributed by atoms with E-state index in [0.717, 1.165) is 4.47 Å². The van der Waals surface area contributed by atoms with Crippen molar-refractivity contribution in [1.29, 1.82) is 0 Å². The lowest BCUT2D eigenvalue weighted by atomic mass is 10.1. The number of hydrogen-bond acceptors (Lipinski definition) is 4. The summed E-state index contributed by atoms with van der Waals surface area (Å²) in [6, 6.07) is 7.39. The van der Waals surface area contributed by atoms with E-state index in [1.54, 1.807) is 25.2 Å². The number of rotatable bonds is 3. The van der Waals surface area contributed by atoms with Gasteiger partial charge in [-0.2, -0.15) is 4.98 Å². The van der Waals surface area contributed by atoms with Gasteiger partial charge in [-0.25, -0.2) is 4.79 Å². The second kappa shape index (κ2) is 4.58. The predicted molar refractivity (Wildman–Crippen MR) is 66.1 cm³/mol. The summed E-state index contributed by atoms with van der Waals surface area (Å²) in [6.45, 7) is 0. The molecule has 0 fully saturated rings. The number of carbonyl (C=O) groups is 1. The van der Waals surface area contributed by atoms with Crippen molar-refractivity contribution < 1.29 is 14.3 Å². The van der Waals surface area contributed by atoms with E-state index in [0.29, 0.717) is 11.3 Å². The van der Waals surface area contributed by atoms with E-state index in [1.165, 1.54) is 0 Å². The quantitative estimate of drug-likeness (QED) is 0.911. The zero-order valence-electron chi connectivity index (χ0n) is 8.90. The maximum absolute atomic E-state index is 11.0. The Labute approximate surface area is 106 Å². The molecule has 0 amide bonds. The Balaban J connectivity index is 2.57. The number of hydrogen-bond donors (Lipinski definition) is 2. The molecule has 0 saturated carbocycles. The molecular weight excluding hydrogens is 288 g/mol. The van der Waals surface area contributed by atoms with Gasteiger partial charge in [-0.15, -0.1) is 0 Å². The van der Waals surface area contributed by atoms with Crippen molar-refractivity contribution in [3.63, 3.8) is 0 Å². The number of nitrogens with one attached hydrogen (secondary N) is 1. The van der Waals surface area contributed by atoms with Crippen LogP contribution in [0.5, 0.6) is 0 Å². The van der Waals surface area contributed by atoms with E-state index in [2.05, 4.69) is 26.2 Å². The van der Waals surface area contributed by atoms with Crippen LogP contribution in [0.4, 0.5) is 6.01 Å². The van der Waals surface area contributed by atoms with Gasteiger partial charge in [-0.05, 0) is 12.1 Å². The molecule has 0 atom stereocenters. The first-order valence-electron chi connectivity index (χ1n) is 4.79. The number of carboxylic acid groups (broad SMARTS) is 1. The molecule has 2 N–H and O–H groups in total. The highest BCUT2D eigenvalue weighted by molar-refractivity contribution is 9.10. The van der Waals surface area contributed by atoms with Crippen molar-refractivity contribution in [3.05, 3.63) is 34.5 Å². The summed E-state index contributed by atoms with van der Waals surface area (Å²) < 4.78 is 5.93. The largest absolute Gasteiger partial charge is 0.475 e. The van der Waals surface area contributed by atoms with Crippen LogP contribution in [0.1, 0.15) is 10.6 Å². The van der Waals surface area contributed by atoms with E-state index in [-0.39, 0.29) is 11.8 Å². The normalized spacial score (nSPS) is 10.2. The van der Waals surface area contributed by atoms with Crippen LogP contribution in [0.15, 0.2) is 33.2 Å². The highest BCUT2D eigenvalue weighted by Crippen LogP contribution is 2.27. The first-order chi connectivity index (χ1) is 8.11. The number of anilines is 1. The standard InChI is InChI=1S/C11H9BrN2O3/c1-13-11-14-8(9(17-11)10(15)16)6-3-2-4-7(12)5-6/h2-5H,1H3,(H,13,14)(H,15,16). The molecule has 0 unspecified atom stereocenters. The van der Waals surface area contributed by atoms with Crippen LogP contribution in [0.3, 0.4) is 0 Å². The Hall–Kier alpha value is -1.82. The summed E-state index contributed by atoms with van der Waals surface area (Å²) in [5.41, 5.74) is 0.991. The number of benzene rings is 1. The second-order valence-electron chi connectivity index (χ2n) is 3.26. The van der Waals surface area contributed by atoms with Gasteiger partial charge in [0.05, 0.1) is 0 Å². The maximum Gasteiger partial charge on any atom is 0.374 e. The Morgan fingerprint density at radius 1 is 1.53 bits per heavy atom. The maximum atomic E-state index is 11.0. The summed E-state index contributed by atoms with van der Waals surface area (Å²) in [7, 11) is 1.61. The lowest BCUT2D eigenvalue weighted by Gasteiger charge is -1.97. The van der Waals surface area contributed by atoms with E-state index in [4.69, 9.17) is 9.52 Å². The molecule has 1 aromatic carbocycles. The molecule has 0 spiro atoms. The first-order valence-corrected chi connectivity index (χ1v) is 5.59. The summed E-state index contributed by atoms with van der Waals surface area (Å²) in [4.78, 5) is 15.1. The molecule has 0 bridgehead atoms. The Morgan fingerprint density at radius 3 is 2.88 bits per heavy atom. The lowest BCUT2D eigenvalue weighted by Crippen LogP contribution is -1.96. The van der Waals surface area contributed by atoms with Crippen LogP contribution in [0, 0.1) is 0 Å². The molecule has 1 heterocycles. The predicted octanol–water partition coefficient (Wildman–Crippen LogP) is 2.84. The van der Waals surface area contributed by atoms with E-state index in [1.807, 2.05) is 6.07 Å². The number of aromatic carboxylic acids is 1. The summed E-state index contributed by atoms with van der Waals surface area (Å²) >= 11 is 3.32. The van der Waals surface area contributed by atoms with Gasteiger partial charge in [0.15, 0.2) is 0 Å². The number of halogens is 1. The molecule has 2 rings (SSSR count). The molecule has 0 saturated heterocycles. The lowest BCUT2D eigenvalue weighted by molar-refractivity contribution is 0.0665. The summed E-state index contributed by atoms with van der Waals surface area (Å²) in [5.74, 6) is -1.32. The zero-order chi connectivity index (χ0) is 12.4. The average Bonchev–Trinajstić information content (AvgIpc) is 2.73. The highest BCUT2D eigenvalue weighted by Gasteiger charge is 2.20. The molecule has 17 heavy (non-hydrogen) atoms. The number of oxazole rings is 1. The van der Waals surface area contributed by atoms with Gasteiger partial charge < -0.3 is 14.8 Å². The summed E-state index contributed by atoms with van der Waals surface area (Å²) in [5, 5.41) is 11.7. The average molecular weight is 297 g/mol. The Bertz CT molecular complexity index is 566. The third-order valence-corrected chi connectivity index (χ3v) is 2.63. The molecule has 2 aromatic rings. The van der Waals surface area contributed by atoms with E-state index < -0.39 is 5.97 Å². The smallest absolute Gasteiger partial charge is 0.374 e. The molecule has 88 valence electrons. The monoisotopic (exact) mass is 296 g/mol. The minimum absolute atomic E-state index is 0.174. The van der Waals surface area contributed by atoms with Gasteiger partial charge in [0.25, 0.3) is 6.01 Å². The van der Waals surface area contributed by atoms with Crippen LogP contribution < -0.4 is 5.32 Å². The van der Waals surface area contributed by atoms with Crippen LogP contribution >= 0.6 is 15.9 Å². The number of aromatic nitrogens is 1. The second-order valence-corrected chi connectivity index (χ2v) is 4.18. The fourth-order valence-corrected chi connectivity index (χ4v) is 1.80. The van der Waals surface area contributed by atoms with Crippen molar-refractivity contribution in [1.82, 2.24) is 4.98 Å². The Morgan fingerprint density at radius 2 is 2.29 bits per heavy atom. The van der Waals surface area contributed by atoms with Crippen LogP contribution in [-0.4, -0.2) is 23.1 Å². The van der Waals surface area contributed by atoms with Crippen LogP contribution in [-0.2, 0) is 0 Å². The van der Waals surface area contributed by atoms with Crippen molar-refractivity contribution in [2.75, 3.05) is 12.4 Å². The first kappa shape index (κ1) is 11.7. The molecule has 6 heteroatoms. The third-order valence-electron chi connectivity index (χ3n) is 2.13. The zero-order valence-corrected chi connectivity index (χ0v) is 10.5. The van der Waals surface area contributed by atoms with E-state index in [9.17, 15) is 4.79 Å². The molecular formula is C11H9BrN2O3. The fourth-order valence-electron chi connectivity index (χ4n) is 1.40. The van der Waals surface area contributed by atoms with Gasteiger partial charge in [0, 0.05) is 17.1 Å². The van der Waals surface area contributed by atoms with Crippen molar-refractivity contribution in [2.45, 2.75) is 0 Å². The molecule has 0 aliphatic rings. The van der Waals surface area contributed by atoms with Gasteiger partial charge in [-0.3, -0.25) is 0 Å². The van der Waals surface area contributed by atoms with E-state index >= 15 is 0 Å². The number of nitrogens with zero attached hydrogens (tertiary/aromatic N) is 1. The van der Waals surface area contributed by atoms with Crippen molar-refractivity contribution in [3.8, 4) is 11.3 Å². The number of carboxylic acids is 1. The SMILES string of the molecule is CNc1nc(-c2cccc(Br)c2)c(C(=O)O)o1. The minimum Gasteiger partial charge on any atom is -0.475 e. The molecule has 0 aliphatic carbocycles. The van der Waals surface area contributed by atoms with Gasteiger partial charge in [0.1, 0.15) is 5.69 Å². The summed E-state index contributed by atoms with van der Waals surface area (Å²) in [6.07, 6.45) is 0. The van der Waals surface area contributed by atoms with Crippen molar-refractivity contribution in [2.24, 2.45) is 0 Å². The van der Waals surface area contributed by atoms with Crippen LogP contribution in [0.25, 0.3) is 11.3 Å². The van der Waals surface area contributed by atoms with Gasteiger partial charge in [-0.1, -0.05) is 28.1 Å². The van der Waals surface area contributed by atoms with Crippen molar-refractivity contribution >= 4 is 27.9 Å². The minimum atomic E-state index is -1.14. The molecule has 5 nitrogen and oxygen atoms in total. The molecule has 1 aromatic heterocycles.